The van der Waals surface area contributed by atoms with Crippen molar-refractivity contribution in [3.63, 3.8) is 0 Å². The minimum atomic E-state index is 0.596. The van der Waals surface area contributed by atoms with E-state index < -0.39 is 0 Å². The number of aromatic nitrogens is 1. The van der Waals surface area contributed by atoms with Gasteiger partial charge in [-0.15, -0.1) is 0 Å². The van der Waals surface area contributed by atoms with Gasteiger partial charge in [-0.05, 0) is 47.7 Å². The molecule has 0 aliphatic carbocycles. The number of benzene rings is 2. The van der Waals surface area contributed by atoms with Crippen LogP contribution in [-0.2, 0) is 11.3 Å². The van der Waals surface area contributed by atoms with Crippen LogP contribution >= 0.6 is 11.6 Å². The normalized spacial score (nSPS) is 11.0. The van der Waals surface area contributed by atoms with Gasteiger partial charge >= 0.3 is 0 Å². The third-order valence-electron chi connectivity index (χ3n) is 3.74. The van der Waals surface area contributed by atoms with Gasteiger partial charge in [0.05, 0.1) is 6.61 Å². The predicted octanol–water partition coefficient (Wildman–Crippen LogP) is 4.42. The number of pyridine rings is 1. The third-order valence-corrected chi connectivity index (χ3v) is 3.99. The van der Waals surface area contributed by atoms with Crippen molar-refractivity contribution in [2.75, 3.05) is 13.2 Å². The molecule has 0 radical (unpaired) electrons. The van der Waals surface area contributed by atoms with Gasteiger partial charge in [-0.25, -0.2) is 0 Å². The average Bonchev–Trinajstić information content (AvgIpc) is 2.59. The van der Waals surface area contributed by atoms with Crippen LogP contribution in [0, 0.1) is 0 Å². The first-order chi connectivity index (χ1) is 11.3. The molecule has 0 amide bonds. The Morgan fingerprint density at radius 2 is 1.87 bits per heavy atom. The van der Waals surface area contributed by atoms with E-state index in [0.717, 1.165) is 33.5 Å². The summed E-state index contributed by atoms with van der Waals surface area (Å²) in [5, 5.41) is 3.02. The number of rotatable bonds is 6. The van der Waals surface area contributed by atoms with Crippen LogP contribution in [-0.4, -0.2) is 18.1 Å². The highest BCUT2D eigenvalue weighted by atomic mass is 35.5. The molecule has 3 aromatic rings. The molecule has 4 heteroatoms. The molecule has 0 bridgehead atoms. The smallest absolute Gasteiger partial charge is 0.0717 e. The molecule has 2 N–H and O–H groups in total. The first kappa shape index (κ1) is 15.9. The largest absolute Gasteiger partial charge is 0.377 e. The molecule has 0 saturated carbocycles. The summed E-state index contributed by atoms with van der Waals surface area (Å²) in [6.07, 6.45) is 4.66. The summed E-state index contributed by atoms with van der Waals surface area (Å²) in [5.74, 6) is 0. The minimum Gasteiger partial charge on any atom is -0.377 e. The number of hydrogen-bond acceptors (Lipinski definition) is 3. The summed E-state index contributed by atoms with van der Waals surface area (Å²) in [7, 11) is 0. The molecule has 0 aliphatic heterocycles. The van der Waals surface area contributed by atoms with E-state index in [9.17, 15) is 0 Å². The van der Waals surface area contributed by atoms with Crippen LogP contribution in [0.2, 0.25) is 5.02 Å². The summed E-state index contributed by atoms with van der Waals surface area (Å²) in [6.45, 7) is 1.94. The molecule has 23 heavy (non-hydrogen) atoms. The maximum Gasteiger partial charge on any atom is 0.0717 e. The van der Waals surface area contributed by atoms with Gasteiger partial charge in [-0.2, -0.15) is 0 Å². The first-order valence-corrected chi connectivity index (χ1v) is 8.06. The van der Waals surface area contributed by atoms with Gasteiger partial charge < -0.3 is 10.5 Å². The molecule has 3 rings (SSSR count). The van der Waals surface area contributed by atoms with E-state index in [1.807, 2.05) is 36.7 Å². The first-order valence-electron chi connectivity index (χ1n) is 7.68. The van der Waals surface area contributed by atoms with Gasteiger partial charge in [0.25, 0.3) is 0 Å². The van der Waals surface area contributed by atoms with Crippen molar-refractivity contribution in [1.29, 1.82) is 0 Å². The van der Waals surface area contributed by atoms with Crippen LogP contribution in [0.3, 0.4) is 0 Å². The minimum absolute atomic E-state index is 0.596. The molecule has 0 aliphatic rings. The Hall–Kier alpha value is -1.94. The number of hydrogen-bond donors (Lipinski definition) is 1. The molecule has 3 nitrogen and oxygen atoms in total. The fourth-order valence-electron chi connectivity index (χ4n) is 2.54. The van der Waals surface area contributed by atoms with Gasteiger partial charge in [-0.1, -0.05) is 35.9 Å². The lowest BCUT2D eigenvalue weighted by Crippen LogP contribution is -2.04. The van der Waals surface area contributed by atoms with Crippen LogP contribution in [0.25, 0.3) is 21.9 Å². The van der Waals surface area contributed by atoms with Gasteiger partial charge in [0.2, 0.25) is 0 Å². The topological polar surface area (TPSA) is 48.1 Å². The Kier molecular flexibility index (Phi) is 5.23. The highest BCUT2D eigenvalue weighted by molar-refractivity contribution is 6.30. The third kappa shape index (κ3) is 3.88. The number of nitrogens with two attached hydrogens (primary N) is 1. The lowest BCUT2D eigenvalue weighted by Gasteiger charge is -2.09. The number of fused-ring (bicyclic) bond motifs is 1. The van der Waals surface area contributed by atoms with Crippen molar-refractivity contribution in [3.8, 4) is 11.1 Å². The maximum atomic E-state index is 5.98. The molecule has 0 spiro atoms. The van der Waals surface area contributed by atoms with Crippen molar-refractivity contribution < 1.29 is 4.74 Å². The highest BCUT2D eigenvalue weighted by Gasteiger charge is 2.06. The van der Waals surface area contributed by atoms with Crippen LogP contribution in [0.5, 0.6) is 0 Å². The number of halogens is 1. The number of ether oxygens (including phenoxy) is 1. The van der Waals surface area contributed by atoms with Crippen LogP contribution in [0.4, 0.5) is 0 Å². The van der Waals surface area contributed by atoms with Crippen LogP contribution in [0.15, 0.2) is 54.9 Å². The molecule has 2 aromatic carbocycles. The van der Waals surface area contributed by atoms with Gasteiger partial charge in [0.15, 0.2) is 0 Å². The quantitative estimate of drug-likeness (QED) is 0.682. The van der Waals surface area contributed by atoms with Crippen LogP contribution in [0.1, 0.15) is 12.0 Å². The van der Waals surface area contributed by atoms with E-state index in [1.54, 1.807) is 0 Å². The van der Waals surface area contributed by atoms with E-state index in [4.69, 9.17) is 22.1 Å². The van der Waals surface area contributed by atoms with Crippen molar-refractivity contribution in [2.45, 2.75) is 13.0 Å². The highest BCUT2D eigenvalue weighted by Crippen LogP contribution is 2.29. The Morgan fingerprint density at radius 3 is 2.65 bits per heavy atom. The Labute approximate surface area is 141 Å². The van der Waals surface area contributed by atoms with Crippen molar-refractivity contribution in [1.82, 2.24) is 4.98 Å². The summed E-state index contributed by atoms with van der Waals surface area (Å²) < 4.78 is 5.66. The van der Waals surface area contributed by atoms with E-state index in [-0.39, 0.29) is 0 Å². The monoisotopic (exact) mass is 326 g/mol. The van der Waals surface area contributed by atoms with E-state index in [1.165, 1.54) is 5.39 Å². The lowest BCUT2D eigenvalue weighted by atomic mass is 9.99. The summed E-state index contributed by atoms with van der Waals surface area (Å²) in [5.41, 5.74) is 8.84. The standard InChI is InChI=1S/C19H19ClN2O/c20-17-6-4-15(5-7-17)19-12-22-11-16-3-2-14(10-18(16)19)13-23-9-1-8-21/h2-7,10-12H,1,8-9,13,21H2. The second-order valence-corrected chi connectivity index (χ2v) is 5.88. The van der Waals surface area contributed by atoms with Crippen LogP contribution < -0.4 is 5.73 Å². The van der Waals surface area contributed by atoms with Gasteiger partial charge in [0.1, 0.15) is 0 Å². The van der Waals surface area contributed by atoms with Gasteiger partial charge in [-0.3, -0.25) is 4.98 Å². The Morgan fingerprint density at radius 1 is 1.04 bits per heavy atom. The second kappa shape index (κ2) is 7.55. The predicted molar refractivity (Wildman–Crippen MR) is 95.5 cm³/mol. The van der Waals surface area contributed by atoms with Crippen molar-refractivity contribution >= 4 is 22.4 Å². The fraction of sp³-hybridized carbons (Fsp3) is 0.211. The molecule has 0 saturated heterocycles. The summed E-state index contributed by atoms with van der Waals surface area (Å²) in [4.78, 5) is 4.35. The molecular formula is C19H19ClN2O. The number of nitrogens with zero attached hydrogens (tertiary/aromatic N) is 1. The molecule has 0 atom stereocenters. The summed E-state index contributed by atoms with van der Waals surface area (Å²) >= 11 is 5.98. The summed E-state index contributed by atoms with van der Waals surface area (Å²) in [6, 6.07) is 14.2. The van der Waals surface area contributed by atoms with Gasteiger partial charge in [0, 0.05) is 35.0 Å². The van der Waals surface area contributed by atoms with Crippen molar-refractivity contribution in [3.05, 3.63) is 65.4 Å². The van der Waals surface area contributed by atoms with E-state index in [0.29, 0.717) is 19.8 Å². The Bertz CT molecular complexity index is 787. The zero-order valence-corrected chi connectivity index (χ0v) is 13.6. The van der Waals surface area contributed by atoms with E-state index in [2.05, 4.69) is 23.2 Å². The maximum absolute atomic E-state index is 5.98. The second-order valence-electron chi connectivity index (χ2n) is 5.44. The fourth-order valence-corrected chi connectivity index (χ4v) is 2.66. The zero-order chi connectivity index (χ0) is 16.1. The zero-order valence-electron chi connectivity index (χ0n) is 12.8. The lowest BCUT2D eigenvalue weighted by molar-refractivity contribution is 0.120. The van der Waals surface area contributed by atoms with E-state index >= 15 is 0 Å². The molecule has 0 unspecified atom stereocenters. The molecule has 1 aromatic heterocycles. The Balaban J connectivity index is 1.93. The SMILES string of the molecule is NCCCOCc1ccc2cncc(-c3ccc(Cl)cc3)c2c1. The molecular weight excluding hydrogens is 308 g/mol. The molecule has 1 heterocycles. The molecule has 0 fully saturated rings. The average molecular weight is 327 g/mol. The van der Waals surface area contributed by atoms with Crippen molar-refractivity contribution in [2.24, 2.45) is 5.73 Å². The molecule has 118 valence electrons.